The molecule has 1 heterocycles. The molecular formula is C9H7F2N3O. The Morgan fingerprint density at radius 1 is 1.33 bits per heavy atom. The van der Waals surface area contributed by atoms with E-state index >= 15 is 0 Å². The molecule has 0 amide bonds. The second-order valence-electron chi connectivity index (χ2n) is 2.99. The maximum atomic E-state index is 13.2. The topological polar surface area (TPSA) is 50.7 Å². The normalized spacial score (nSPS) is 10.5. The van der Waals surface area contributed by atoms with Crippen LogP contribution in [0.5, 0.6) is 0 Å². The molecule has 2 aromatic rings. The number of nitrogens with one attached hydrogen (secondary N) is 1. The third-order valence-electron chi connectivity index (χ3n) is 2.01. The number of nitrogens with zero attached hydrogens (tertiary/aromatic N) is 2. The molecule has 0 saturated carbocycles. The van der Waals surface area contributed by atoms with Gasteiger partial charge in [0.25, 0.3) is 0 Å². The minimum absolute atomic E-state index is 0.152. The Morgan fingerprint density at radius 3 is 2.53 bits per heavy atom. The summed E-state index contributed by atoms with van der Waals surface area (Å²) in [5.41, 5.74) is -0.654. The maximum Gasteiger partial charge on any atom is 0.343 e. The van der Waals surface area contributed by atoms with E-state index in [1.54, 1.807) is 0 Å². The van der Waals surface area contributed by atoms with Crippen molar-refractivity contribution < 1.29 is 8.78 Å². The summed E-state index contributed by atoms with van der Waals surface area (Å²) < 4.78 is 27.5. The van der Waals surface area contributed by atoms with Gasteiger partial charge in [0.05, 0.1) is 6.54 Å². The van der Waals surface area contributed by atoms with Crippen molar-refractivity contribution in [2.45, 2.75) is 6.54 Å². The van der Waals surface area contributed by atoms with Crippen LogP contribution in [-0.2, 0) is 6.54 Å². The largest absolute Gasteiger partial charge is 0.343 e. The molecule has 4 nitrogen and oxygen atoms in total. The highest BCUT2D eigenvalue weighted by Crippen LogP contribution is 2.12. The van der Waals surface area contributed by atoms with Gasteiger partial charge in [-0.05, 0) is 12.1 Å². The van der Waals surface area contributed by atoms with Crippen LogP contribution in [0, 0.1) is 11.6 Å². The first-order valence-electron chi connectivity index (χ1n) is 4.21. The van der Waals surface area contributed by atoms with Crippen molar-refractivity contribution in [1.82, 2.24) is 14.8 Å². The third kappa shape index (κ3) is 1.78. The van der Waals surface area contributed by atoms with Crippen LogP contribution >= 0.6 is 0 Å². The van der Waals surface area contributed by atoms with Crippen molar-refractivity contribution in [3.05, 3.63) is 52.2 Å². The molecule has 78 valence electrons. The van der Waals surface area contributed by atoms with E-state index in [0.717, 1.165) is 16.7 Å². The maximum absolute atomic E-state index is 13.2. The molecule has 0 radical (unpaired) electrons. The van der Waals surface area contributed by atoms with Crippen LogP contribution in [0.25, 0.3) is 0 Å². The number of aromatic nitrogens is 3. The minimum Gasteiger partial charge on any atom is -0.277 e. The Morgan fingerprint density at radius 2 is 2.00 bits per heavy atom. The van der Waals surface area contributed by atoms with Gasteiger partial charge in [0.2, 0.25) is 0 Å². The Labute approximate surface area is 83.2 Å². The zero-order valence-electron chi connectivity index (χ0n) is 7.58. The molecule has 0 atom stereocenters. The number of hydrogen-bond donors (Lipinski definition) is 1. The number of H-pyrrole nitrogens is 1. The fourth-order valence-corrected chi connectivity index (χ4v) is 1.24. The fourth-order valence-electron chi connectivity index (χ4n) is 1.24. The smallest absolute Gasteiger partial charge is 0.277 e. The van der Waals surface area contributed by atoms with Gasteiger partial charge in [-0.3, -0.25) is 4.57 Å². The summed E-state index contributed by atoms with van der Waals surface area (Å²) >= 11 is 0. The lowest BCUT2D eigenvalue weighted by Crippen LogP contribution is -2.18. The minimum atomic E-state index is -0.678. The predicted octanol–water partition coefficient (Wildman–Crippen LogP) is 0.898. The highest BCUT2D eigenvalue weighted by molar-refractivity contribution is 5.19. The SMILES string of the molecule is O=c1[nH]ncn1Cc1c(F)cccc1F. The summed E-state index contributed by atoms with van der Waals surface area (Å²) in [6.45, 7) is -0.173. The molecule has 0 aliphatic heterocycles. The van der Waals surface area contributed by atoms with E-state index in [1.165, 1.54) is 12.4 Å². The first-order chi connectivity index (χ1) is 7.18. The number of aromatic amines is 1. The zero-order chi connectivity index (χ0) is 10.8. The summed E-state index contributed by atoms with van der Waals surface area (Å²) in [5.74, 6) is -1.36. The molecule has 2 rings (SSSR count). The van der Waals surface area contributed by atoms with E-state index in [2.05, 4.69) is 10.2 Å². The average molecular weight is 211 g/mol. The van der Waals surface area contributed by atoms with Crippen molar-refractivity contribution in [3.63, 3.8) is 0 Å². The van der Waals surface area contributed by atoms with Crippen LogP contribution in [0.2, 0.25) is 0 Å². The van der Waals surface area contributed by atoms with Crippen LogP contribution < -0.4 is 5.69 Å². The van der Waals surface area contributed by atoms with Gasteiger partial charge in [0.1, 0.15) is 18.0 Å². The number of halogens is 2. The first-order valence-corrected chi connectivity index (χ1v) is 4.21. The van der Waals surface area contributed by atoms with Crippen LogP contribution in [0.1, 0.15) is 5.56 Å². The second kappa shape index (κ2) is 3.64. The standard InChI is InChI=1S/C9H7F2N3O/c10-7-2-1-3-8(11)6(7)4-14-5-12-13-9(14)15/h1-3,5H,4H2,(H,13,15). The Balaban J connectivity index is 2.40. The van der Waals surface area contributed by atoms with E-state index in [1.807, 2.05) is 0 Å². The lowest BCUT2D eigenvalue weighted by molar-refractivity contribution is 0.542. The average Bonchev–Trinajstić information content (AvgIpc) is 2.58. The number of hydrogen-bond acceptors (Lipinski definition) is 2. The van der Waals surface area contributed by atoms with Gasteiger partial charge in [-0.25, -0.2) is 18.7 Å². The van der Waals surface area contributed by atoms with Crippen LogP contribution in [0.4, 0.5) is 8.78 Å². The lowest BCUT2D eigenvalue weighted by Gasteiger charge is -2.03. The van der Waals surface area contributed by atoms with Crippen molar-refractivity contribution >= 4 is 0 Å². The van der Waals surface area contributed by atoms with Gasteiger partial charge in [-0.1, -0.05) is 6.07 Å². The summed E-state index contributed by atoms with van der Waals surface area (Å²) in [6.07, 6.45) is 1.19. The van der Waals surface area contributed by atoms with Gasteiger partial charge in [0, 0.05) is 5.56 Å². The van der Waals surface area contributed by atoms with Crippen molar-refractivity contribution in [2.75, 3.05) is 0 Å². The highest BCUT2D eigenvalue weighted by atomic mass is 19.1. The molecule has 0 saturated heterocycles. The van der Waals surface area contributed by atoms with Gasteiger partial charge in [-0.15, -0.1) is 0 Å². The van der Waals surface area contributed by atoms with Gasteiger partial charge < -0.3 is 0 Å². The van der Waals surface area contributed by atoms with E-state index in [-0.39, 0.29) is 12.1 Å². The Bertz CT molecular complexity index is 512. The summed E-state index contributed by atoms with van der Waals surface area (Å²) in [5, 5.41) is 5.60. The van der Waals surface area contributed by atoms with Gasteiger partial charge in [0.15, 0.2) is 0 Å². The third-order valence-corrected chi connectivity index (χ3v) is 2.01. The molecule has 0 aliphatic rings. The van der Waals surface area contributed by atoms with E-state index < -0.39 is 17.3 Å². The Hall–Kier alpha value is -1.98. The molecule has 0 bridgehead atoms. The highest BCUT2D eigenvalue weighted by Gasteiger charge is 2.09. The van der Waals surface area contributed by atoms with Gasteiger partial charge >= 0.3 is 5.69 Å². The van der Waals surface area contributed by atoms with E-state index in [0.29, 0.717) is 0 Å². The summed E-state index contributed by atoms with van der Waals surface area (Å²) in [4.78, 5) is 11.0. The molecule has 6 heteroatoms. The van der Waals surface area contributed by atoms with Crippen LogP contribution in [0.15, 0.2) is 29.3 Å². The van der Waals surface area contributed by atoms with Crippen molar-refractivity contribution in [1.29, 1.82) is 0 Å². The molecular weight excluding hydrogens is 204 g/mol. The number of benzene rings is 1. The fraction of sp³-hybridized carbons (Fsp3) is 0.111. The van der Waals surface area contributed by atoms with Crippen molar-refractivity contribution in [2.24, 2.45) is 0 Å². The molecule has 1 aromatic carbocycles. The lowest BCUT2D eigenvalue weighted by atomic mass is 10.2. The number of rotatable bonds is 2. The predicted molar refractivity (Wildman–Crippen MR) is 48.3 cm³/mol. The molecule has 1 N–H and O–H groups in total. The first kappa shape index (κ1) is 9.57. The molecule has 0 fully saturated rings. The summed E-state index contributed by atoms with van der Waals surface area (Å²) in [7, 11) is 0. The molecule has 1 aromatic heterocycles. The zero-order valence-corrected chi connectivity index (χ0v) is 7.58. The van der Waals surface area contributed by atoms with E-state index in [4.69, 9.17) is 0 Å². The monoisotopic (exact) mass is 211 g/mol. The van der Waals surface area contributed by atoms with Gasteiger partial charge in [-0.2, -0.15) is 5.10 Å². The van der Waals surface area contributed by atoms with Crippen molar-refractivity contribution in [3.8, 4) is 0 Å². The second-order valence-corrected chi connectivity index (χ2v) is 2.99. The molecule has 0 unspecified atom stereocenters. The van der Waals surface area contributed by atoms with Crippen LogP contribution in [-0.4, -0.2) is 14.8 Å². The molecule has 15 heavy (non-hydrogen) atoms. The molecule has 0 spiro atoms. The Kier molecular flexibility index (Phi) is 2.32. The molecule has 0 aliphatic carbocycles. The van der Waals surface area contributed by atoms with Crippen LogP contribution in [0.3, 0.4) is 0 Å². The quantitative estimate of drug-likeness (QED) is 0.802. The van der Waals surface area contributed by atoms with E-state index in [9.17, 15) is 13.6 Å². The summed E-state index contributed by atoms with van der Waals surface area (Å²) in [6, 6.07) is 3.55.